The highest BCUT2D eigenvalue weighted by atomic mass is 16.5. The fourth-order valence-electron chi connectivity index (χ4n) is 2.62. The second-order valence-electron chi connectivity index (χ2n) is 5.99. The number of rotatable bonds is 7. The minimum Gasteiger partial charge on any atom is -0.478 e. The molecule has 0 aliphatic rings. The number of hydrogen-bond acceptors (Lipinski definition) is 3. The molecule has 3 rings (SSSR count). The van der Waals surface area contributed by atoms with E-state index in [0.29, 0.717) is 17.2 Å². The first-order chi connectivity index (χ1) is 12.6. The maximum Gasteiger partial charge on any atom is 0.345 e. The fourth-order valence-corrected chi connectivity index (χ4v) is 2.62. The molecule has 132 valence electrons. The van der Waals surface area contributed by atoms with E-state index in [1.807, 2.05) is 79.7 Å². The van der Waals surface area contributed by atoms with Crippen molar-refractivity contribution in [1.82, 2.24) is 0 Å². The summed E-state index contributed by atoms with van der Waals surface area (Å²) < 4.78 is 11.6. The van der Waals surface area contributed by atoms with Gasteiger partial charge in [-0.15, -0.1) is 0 Å². The second-order valence-corrected chi connectivity index (χ2v) is 5.99. The van der Waals surface area contributed by atoms with E-state index in [9.17, 15) is 9.90 Å². The van der Waals surface area contributed by atoms with Crippen LogP contribution in [0.2, 0.25) is 0 Å². The van der Waals surface area contributed by atoms with E-state index in [0.717, 1.165) is 11.1 Å². The van der Waals surface area contributed by atoms with Crippen molar-refractivity contribution >= 4 is 5.97 Å². The number of carbonyl (C=O) groups is 1. The molecule has 0 amide bonds. The quantitative estimate of drug-likeness (QED) is 0.662. The molecule has 0 fully saturated rings. The lowest BCUT2D eigenvalue weighted by molar-refractivity contribution is -0.145. The Balaban J connectivity index is 1.80. The molecule has 1 unspecified atom stereocenters. The van der Waals surface area contributed by atoms with Gasteiger partial charge in [-0.05, 0) is 48.4 Å². The molecule has 0 aliphatic carbocycles. The molecule has 4 heteroatoms. The SMILES string of the molecule is Cc1cccc(OC(Cc2ccccc2Oc2ccccc2)C(=O)O)c1. The fraction of sp³-hybridized carbons (Fsp3) is 0.136. The van der Waals surface area contributed by atoms with Crippen molar-refractivity contribution in [1.29, 1.82) is 0 Å². The standard InChI is InChI=1S/C22H20O4/c1-16-8-7-12-19(14-16)26-21(22(23)24)15-17-9-5-6-13-20(17)25-18-10-3-2-4-11-18/h2-14,21H,15H2,1H3,(H,23,24). The average Bonchev–Trinajstić information content (AvgIpc) is 2.63. The van der Waals surface area contributed by atoms with Gasteiger partial charge in [0.25, 0.3) is 0 Å². The molecule has 1 N–H and O–H groups in total. The number of para-hydroxylation sites is 2. The summed E-state index contributed by atoms with van der Waals surface area (Å²) in [6.07, 6.45) is -0.802. The van der Waals surface area contributed by atoms with Crippen LogP contribution >= 0.6 is 0 Å². The molecule has 3 aromatic carbocycles. The highest BCUT2D eigenvalue weighted by Crippen LogP contribution is 2.27. The van der Waals surface area contributed by atoms with E-state index in [1.165, 1.54) is 0 Å². The molecule has 0 aromatic heterocycles. The Morgan fingerprint density at radius 2 is 1.62 bits per heavy atom. The van der Waals surface area contributed by atoms with Crippen LogP contribution in [0.15, 0.2) is 78.9 Å². The molecule has 3 aromatic rings. The largest absolute Gasteiger partial charge is 0.478 e. The van der Waals surface area contributed by atoms with Crippen molar-refractivity contribution in [2.75, 3.05) is 0 Å². The van der Waals surface area contributed by atoms with E-state index in [2.05, 4.69) is 0 Å². The predicted octanol–water partition coefficient (Wildman–Crippen LogP) is 4.86. The van der Waals surface area contributed by atoms with Gasteiger partial charge in [0.05, 0.1) is 0 Å². The Bertz CT molecular complexity index is 874. The minimum absolute atomic E-state index is 0.201. The summed E-state index contributed by atoms with van der Waals surface area (Å²) in [6.45, 7) is 1.94. The Labute approximate surface area is 152 Å². The van der Waals surface area contributed by atoms with Crippen molar-refractivity contribution in [3.8, 4) is 17.2 Å². The lowest BCUT2D eigenvalue weighted by atomic mass is 10.1. The summed E-state index contributed by atoms with van der Waals surface area (Å²) in [6, 6.07) is 24.2. The van der Waals surface area contributed by atoms with Gasteiger partial charge in [0.1, 0.15) is 17.2 Å². The number of carboxylic acids is 1. The summed E-state index contributed by atoms with van der Waals surface area (Å²) >= 11 is 0. The van der Waals surface area contributed by atoms with Gasteiger partial charge in [0, 0.05) is 6.42 Å². The molecule has 0 saturated heterocycles. The molecule has 0 bridgehead atoms. The van der Waals surface area contributed by atoms with E-state index >= 15 is 0 Å². The molecular weight excluding hydrogens is 328 g/mol. The van der Waals surface area contributed by atoms with Crippen molar-refractivity contribution in [2.24, 2.45) is 0 Å². The van der Waals surface area contributed by atoms with Crippen LogP contribution in [0.5, 0.6) is 17.2 Å². The van der Waals surface area contributed by atoms with Crippen molar-refractivity contribution in [3.05, 3.63) is 90.0 Å². The van der Waals surface area contributed by atoms with E-state index in [1.54, 1.807) is 6.07 Å². The molecule has 4 nitrogen and oxygen atoms in total. The maximum absolute atomic E-state index is 11.7. The van der Waals surface area contributed by atoms with Gasteiger partial charge in [-0.1, -0.05) is 48.5 Å². The first kappa shape index (κ1) is 17.5. The second kappa shape index (κ2) is 8.21. The first-order valence-corrected chi connectivity index (χ1v) is 8.39. The summed E-state index contributed by atoms with van der Waals surface area (Å²) in [7, 11) is 0. The molecule has 1 atom stereocenters. The van der Waals surface area contributed by atoms with Gasteiger partial charge >= 0.3 is 5.97 Å². The highest BCUT2D eigenvalue weighted by Gasteiger charge is 2.22. The molecule has 0 radical (unpaired) electrons. The third-order valence-electron chi connectivity index (χ3n) is 3.89. The van der Waals surface area contributed by atoms with Crippen molar-refractivity contribution < 1.29 is 19.4 Å². The van der Waals surface area contributed by atoms with E-state index < -0.39 is 12.1 Å². The molecule has 26 heavy (non-hydrogen) atoms. The summed E-state index contributed by atoms with van der Waals surface area (Å²) in [5, 5.41) is 9.58. The van der Waals surface area contributed by atoms with Crippen LogP contribution in [-0.4, -0.2) is 17.2 Å². The number of hydrogen-bond donors (Lipinski definition) is 1. The predicted molar refractivity (Wildman–Crippen MR) is 99.9 cm³/mol. The zero-order valence-electron chi connectivity index (χ0n) is 14.5. The maximum atomic E-state index is 11.7. The number of ether oxygens (including phenoxy) is 2. The zero-order valence-corrected chi connectivity index (χ0v) is 14.5. The number of aliphatic carboxylic acids is 1. The number of carboxylic acid groups (broad SMARTS) is 1. The summed E-state index contributed by atoms with van der Waals surface area (Å²) in [4.78, 5) is 11.7. The molecule has 0 spiro atoms. The van der Waals surface area contributed by atoms with Crippen LogP contribution in [-0.2, 0) is 11.2 Å². The van der Waals surface area contributed by atoms with Gasteiger partial charge in [-0.3, -0.25) is 0 Å². The van der Waals surface area contributed by atoms with Gasteiger partial charge in [-0.2, -0.15) is 0 Å². The Morgan fingerprint density at radius 1 is 0.923 bits per heavy atom. The number of benzene rings is 3. The van der Waals surface area contributed by atoms with Crippen LogP contribution < -0.4 is 9.47 Å². The van der Waals surface area contributed by atoms with Crippen LogP contribution in [0, 0.1) is 6.92 Å². The van der Waals surface area contributed by atoms with E-state index in [4.69, 9.17) is 9.47 Å². The minimum atomic E-state index is -1.01. The lowest BCUT2D eigenvalue weighted by Gasteiger charge is -2.17. The van der Waals surface area contributed by atoms with Crippen LogP contribution in [0.25, 0.3) is 0 Å². The van der Waals surface area contributed by atoms with Crippen molar-refractivity contribution in [2.45, 2.75) is 19.4 Å². The van der Waals surface area contributed by atoms with Crippen LogP contribution in [0.1, 0.15) is 11.1 Å². The topological polar surface area (TPSA) is 55.8 Å². The molecule has 0 aliphatic heterocycles. The Morgan fingerprint density at radius 3 is 2.35 bits per heavy atom. The van der Waals surface area contributed by atoms with Crippen molar-refractivity contribution in [3.63, 3.8) is 0 Å². The van der Waals surface area contributed by atoms with Crippen LogP contribution in [0.3, 0.4) is 0 Å². The number of aryl methyl sites for hydroxylation is 1. The smallest absolute Gasteiger partial charge is 0.345 e. The van der Waals surface area contributed by atoms with Gasteiger partial charge in [0.2, 0.25) is 0 Å². The summed E-state index contributed by atoms with van der Waals surface area (Å²) in [5.74, 6) is 0.851. The zero-order chi connectivity index (χ0) is 18.4. The molecule has 0 saturated carbocycles. The highest BCUT2D eigenvalue weighted by molar-refractivity contribution is 5.73. The molecular formula is C22H20O4. The first-order valence-electron chi connectivity index (χ1n) is 8.39. The van der Waals surface area contributed by atoms with Gasteiger partial charge in [-0.25, -0.2) is 4.79 Å². The molecule has 0 heterocycles. The third kappa shape index (κ3) is 4.63. The average molecular weight is 348 g/mol. The van der Waals surface area contributed by atoms with Crippen LogP contribution in [0.4, 0.5) is 0 Å². The normalized spacial score (nSPS) is 11.6. The Hall–Kier alpha value is -3.27. The lowest BCUT2D eigenvalue weighted by Crippen LogP contribution is -2.29. The van der Waals surface area contributed by atoms with Gasteiger partial charge in [0.15, 0.2) is 6.10 Å². The summed E-state index contributed by atoms with van der Waals surface area (Å²) in [5.41, 5.74) is 1.79. The monoisotopic (exact) mass is 348 g/mol. The third-order valence-corrected chi connectivity index (χ3v) is 3.89. The Kier molecular flexibility index (Phi) is 5.54. The van der Waals surface area contributed by atoms with E-state index in [-0.39, 0.29) is 6.42 Å². The van der Waals surface area contributed by atoms with Gasteiger partial charge < -0.3 is 14.6 Å².